The lowest BCUT2D eigenvalue weighted by molar-refractivity contribution is -0.115. The van der Waals surface area contributed by atoms with Gasteiger partial charge in [0.05, 0.1) is 17.8 Å². The van der Waals surface area contributed by atoms with Gasteiger partial charge < -0.3 is 5.32 Å². The third kappa shape index (κ3) is 4.27. The zero-order valence-electron chi connectivity index (χ0n) is 14.1. The van der Waals surface area contributed by atoms with Gasteiger partial charge in [0.25, 0.3) is 0 Å². The maximum Gasteiger partial charge on any atom is 0.232 e. The van der Waals surface area contributed by atoms with Crippen LogP contribution >= 0.6 is 22.7 Å². The van der Waals surface area contributed by atoms with Gasteiger partial charge >= 0.3 is 0 Å². The molecule has 0 fully saturated rings. The van der Waals surface area contributed by atoms with Crippen LogP contribution in [0.3, 0.4) is 0 Å². The number of carbonyl (C=O) groups is 1. The first-order valence-corrected chi connectivity index (χ1v) is 9.94. The van der Waals surface area contributed by atoms with Crippen molar-refractivity contribution in [1.29, 1.82) is 0 Å². The molecule has 0 aliphatic carbocycles. The van der Waals surface area contributed by atoms with Crippen molar-refractivity contribution in [2.45, 2.75) is 6.42 Å². The number of nitrogens with one attached hydrogen (secondary N) is 1. The molecule has 0 aliphatic heterocycles. The second-order valence-electron chi connectivity index (χ2n) is 5.78. The Balaban J connectivity index is 1.40. The number of rotatable bonds is 5. The zero-order valence-corrected chi connectivity index (χ0v) is 15.7. The number of nitrogens with zero attached hydrogens (tertiary/aromatic N) is 2. The summed E-state index contributed by atoms with van der Waals surface area (Å²) in [5, 5.41) is 7.91. The molecule has 4 aromatic rings. The van der Waals surface area contributed by atoms with Crippen LogP contribution in [0.15, 0.2) is 65.4 Å². The van der Waals surface area contributed by atoms with E-state index in [1.165, 1.54) is 34.8 Å². The van der Waals surface area contributed by atoms with Crippen molar-refractivity contribution in [2.75, 3.05) is 5.32 Å². The fourth-order valence-corrected chi connectivity index (χ4v) is 4.08. The molecule has 1 amide bonds. The van der Waals surface area contributed by atoms with Crippen molar-refractivity contribution < 1.29 is 9.18 Å². The van der Waals surface area contributed by atoms with Crippen molar-refractivity contribution >= 4 is 33.7 Å². The lowest BCUT2D eigenvalue weighted by atomic mass is 10.2. The summed E-state index contributed by atoms with van der Waals surface area (Å²) in [5.74, 6) is -0.451. The lowest BCUT2D eigenvalue weighted by Gasteiger charge is -2.00. The topological polar surface area (TPSA) is 54.9 Å². The molecule has 4 rings (SSSR count). The highest BCUT2D eigenvalue weighted by atomic mass is 32.1. The minimum Gasteiger partial charge on any atom is -0.302 e. The van der Waals surface area contributed by atoms with E-state index in [1.807, 2.05) is 41.1 Å². The van der Waals surface area contributed by atoms with Crippen LogP contribution in [-0.4, -0.2) is 15.9 Å². The summed E-state index contributed by atoms with van der Waals surface area (Å²) < 4.78 is 13.0. The van der Waals surface area contributed by atoms with Crippen LogP contribution in [0.2, 0.25) is 0 Å². The Hall–Kier alpha value is -2.90. The molecule has 2 aromatic carbocycles. The van der Waals surface area contributed by atoms with E-state index in [-0.39, 0.29) is 18.1 Å². The highest BCUT2D eigenvalue weighted by Gasteiger charge is 2.12. The molecule has 0 bridgehead atoms. The van der Waals surface area contributed by atoms with Crippen LogP contribution in [0.1, 0.15) is 5.69 Å². The van der Waals surface area contributed by atoms with Gasteiger partial charge in [0, 0.05) is 21.9 Å². The molecule has 2 heterocycles. The number of amides is 1. The zero-order chi connectivity index (χ0) is 18.6. The second-order valence-corrected chi connectivity index (χ2v) is 7.50. The number of halogens is 1. The molecule has 0 radical (unpaired) electrons. The van der Waals surface area contributed by atoms with Gasteiger partial charge in [-0.2, -0.15) is 0 Å². The Labute approximate surface area is 163 Å². The van der Waals surface area contributed by atoms with Crippen molar-refractivity contribution in [3.8, 4) is 21.8 Å². The van der Waals surface area contributed by atoms with Crippen molar-refractivity contribution in [2.24, 2.45) is 0 Å². The van der Waals surface area contributed by atoms with Crippen LogP contribution in [0.25, 0.3) is 21.8 Å². The molecule has 0 unspecified atom stereocenters. The third-order valence-electron chi connectivity index (χ3n) is 3.80. The fraction of sp³-hybridized carbons (Fsp3) is 0.0500. The van der Waals surface area contributed by atoms with Gasteiger partial charge in [0.1, 0.15) is 10.8 Å². The van der Waals surface area contributed by atoms with Gasteiger partial charge in [-0.15, -0.1) is 22.7 Å². The second kappa shape index (κ2) is 7.77. The molecule has 4 nitrogen and oxygen atoms in total. The Morgan fingerprint density at radius 3 is 2.48 bits per heavy atom. The quantitative estimate of drug-likeness (QED) is 0.502. The van der Waals surface area contributed by atoms with Crippen molar-refractivity contribution in [3.63, 3.8) is 0 Å². The first-order valence-electron chi connectivity index (χ1n) is 8.18. The van der Waals surface area contributed by atoms with E-state index in [0.717, 1.165) is 21.8 Å². The summed E-state index contributed by atoms with van der Waals surface area (Å²) in [4.78, 5) is 21.2. The molecule has 0 atom stereocenters. The average Bonchev–Trinajstić information content (AvgIpc) is 3.33. The van der Waals surface area contributed by atoms with E-state index < -0.39 is 0 Å². The van der Waals surface area contributed by atoms with E-state index in [9.17, 15) is 9.18 Å². The molecule has 134 valence electrons. The standard InChI is InChI=1S/C20H14FN3OS2/c21-15-8-6-14(7-9-15)19-22-16(11-26-19)10-18(25)24-20-23-17(12-27-20)13-4-2-1-3-5-13/h1-9,11-12H,10H2,(H,23,24,25). The Morgan fingerprint density at radius 2 is 1.70 bits per heavy atom. The summed E-state index contributed by atoms with van der Waals surface area (Å²) in [6, 6.07) is 16.0. The molecular weight excluding hydrogens is 381 g/mol. The van der Waals surface area contributed by atoms with Gasteiger partial charge in [0.2, 0.25) is 5.91 Å². The average molecular weight is 395 g/mol. The van der Waals surface area contributed by atoms with Crippen molar-refractivity contribution in [3.05, 3.63) is 76.9 Å². The molecule has 0 saturated heterocycles. The van der Waals surface area contributed by atoms with Crippen LogP contribution in [0, 0.1) is 5.82 Å². The van der Waals surface area contributed by atoms with Gasteiger partial charge in [-0.05, 0) is 24.3 Å². The summed E-state index contributed by atoms with van der Waals surface area (Å²) in [7, 11) is 0. The molecule has 2 aromatic heterocycles. The molecule has 0 spiro atoms. The molecule has 27 heavy (non-hydrogen) atoms. The van der Waals surface area contributed by atoms with E-state index >= 15 is 0 Å². The van der Waals surface area contributed by atoms with E-state index in [4.69, 9.17) is 0 Å². The number of thiazole rings is 2. The summed E-state index contributed by atoms with van der Waals surface area (Å²) in [5.41, 5.74) is 3.36. The predicted octanol–water partition coefficient (Wildman–Crippen LogP) is 5.25. The number of carbonyl (C=O) groups excluding carboxylic acids is 1. The van der Waals surface area contributed by atoms with Crippen LogP contribution in [0.4, 0.5) is 9.52 Å². The Kier molecular flexibility index (Phi) is 5.04. The Morgan fingerprint density at radius 1 is 0.926 bits per heavy atom. The molecule has 0 aliphatic rings. The maximum atomic E-state index is 13.0. The summed E-state index contributed by atoms with van der Waals surface area (Å²) in [6.45, 7) is 0. The minimum atomic E-state index is -0.284. The molecule has 7 heteroatoms. The number of aromatic nitrogens is 2. The molecular formula is C20H14FN3OS2. The summed E-state index contributed by atoms with van der Waals surface area (Å²) in [6.07, 6.45) is 0.165. The number of hydrogen-bond donors (Lipinski definition) is 1. The van der Waals surface area contributed by atoms with Crippen LogP contribution in [0.5, 0.6) is 0 Å². The highest BCUT2D eigenvalue weighted by Crippen LogP contribution is 2.26. The van der Waals surface area contributed by atoms with Crippen molar-refractivity contribution in [1.82, 2.24) is 9.97 Å². The van der Waals surface area contributed by atoms with Gasteiger partial charge in [-0.25, -0.2) is 14.4 Å². The minimum absolute atomic E-state index is 0.165. The lowest BCUT2D eigenvalue weighted by Crippen LogP contribution is -2.14. The summed E-state index contributed by atoms with van der Waals surface area (Å²) >= 11 is 2.82. The highest BCUT2D eigenvalue weighted by molar-refractivity contribution is 7.14. The monoisotopic (exact) mass is 395 g/mol. The fourth-order valence-electron chi connectivity index (χ4n) is 2.51. The molecule has 1 N–H and O–H groups in total. The predicted molar refractivity (Wildman–Crippen MR) is 107 cm³/mol. The van der Waals surface area contributed by atoms with E-state index in [0.29, 0.717) is 10.8 Å². The maximum absolute atomic E-state index is 13.0. The molecule has 0 saturated carbocycles. The largest absolute Gasteiger partial charge is 0.302 e. The third-order valence-corrected chi connectivity index (χ3v) is 5.50. The normalized spacial score (nSPS) is 10.7. The number of hydrogen-bond acceptors (Lipinski definition) is 5. The van der Waals surface area contributed by atoms with E-state index in [2.05, 4.69) is 15.3 Å². The SMILES string of the molecule is O=C(Cc1csc(-c2ccc(F)cc2)n1)Nc1nc(-c2ccccc2)cs1. The van der Waals surface area contributed by atoms with E-state index in [1.54, 1.807) is 12.1 Å². The van der Waals surface area contributed by atoms with Gasteiger partial charge in [-0.3, -0.25) is 4.79 Å². The number of anilines is 1. The first-order chi connectivity index (χ1) is 13.2. The van der Waals surface area contributed by atoms with Gasteiger partial charge in [0.15, 0.2) is 5.13 Å². The van der Waals surface area contributed by atoms with Gasteiger partial charge in [-0.1, -0.05) is 30.3 Å². The smallest absolute Gasteiger partial charge is 0.232 e. The Bertz CT molecular complexity index is 1060. The number of benzene rings is 2. The van der Waals surface area contributed by atoms with Crippen LogP contribution in [-0.2, 0) is 11.2 Å². The first kappa shape index (κ1) is 17.5. The van der Waals surface area contributed by atoms with Crippen LogP contribution < -0.4 is 5.32 Å².